The van der Waals surface area contributed by atoms with Gasteiger partial charge in [-0.05, 0) is 33.3 Å². The lowest BCUT2D eigenvalue weighted by Crippen LogP contribution is -2.05. The molecule has 2 N–H and O–H groups in total. The van der Waals surface area contributed by atoms with E-state index in [1.54, 1.807) is 18.3 Å². The summed E-state index contributed by atoms with van der Waals surface area (Å²) in [5.41, 5.74) is 8.44. The lowest BCUT2D eigenvalue weighted by molar-refractivity contribution is 0.0533. The van der Waals surface area contributed by atoms with Crippen LogP contribution in [0.5, 0.6) is 0 Å². The number of carbonyl (C=O) groups excluding carboxylic acids is 1. The largest absolute Gasteiger partial charge is 0.462 e. The van der Waals surface area contributed by atoms with Crippen LogP contribution in [0, 0.1) is 20.8 Å². The average molecular weight is 296 g/mol. The average Bonchev–Trinajstić information content (AvgIpc) is 2.82. The molecule has 19 heavy (non-hydrogen) atoms. The number of carbonyl (C=O) groups is 1. The third kappa shape index (κ3) is 2.50. The van der Waals surface area contributed by atoms with Crippen LogP contribution in [0.2, 0.25) is 0 Å². The van der Waals surface area contributed by atoms with Gasteiger partial charge in [0.15, 0.2) is 0 Å². The van der Waals surface area contributed by atoms with Crippen LogP contribution in [0.1, 0.15) is 32.9 Å². The van der Waals surface area contributed by atoms with Crippen molar-refractivity contribution in [3.8, 4) is 9.75 Å². The van der Waals surface area contributed by atoms with Gasteiger partial charge in [-0.3, -0.25) is 0 Å². The predicted molar refractivity (Wildman–Crippen MR) is 80.0 cm³/mol. The number of nitrogens with zero attached hydrogens (tertiary/aromatic N) is 1. The van der Waals surface area contributed by atoms with Crippen molar-refractivity contribution in [3.63, 3.8) is 0 Å². The number of thiazole rings is 1. The van der Waals surface area contributed by atoms with E-state index in [1.807, 2.05) is 20.8 Å². The molecule has 0 aliphatic rings. The van der Waals surface area contributed by atoms with Gasteiger partial charge in [0.25, 0.3) is 0 Å². The highest BCUT2D eigenvalue weighted by Gasteiger charge is 2.22. The second kappa shape index (κ2) is 5.30. The van der Waals surface area contributed by atoms with Crippen LogP contribution in [0.3, 0.4) is 0 Å². The normalized spacial score (nSPS) is 10.7. The molecule has 4 nitrogen and oxygen atoms in total. The summed E-state index contributed by atoms with van der Waals surface area (Å²) in [4.78, 5) is 18.9. The number of nitrogen functional groups attached to an aromatic ring is 1. The fourth-order valence-corrected chi connectivity index (χ4v) is 4.11. The van der Waals surface area contributed by atoms with Crippen molar-refractivity contribution in [1.29, 1.82) is 0 Å². The highest BCUT2D eigenvalue weighted by atomic mass is 32.1. The number of aromatic nitrogens is 1. The molecule has 0 aliphatic carbocycles. The van der Waals surface area contributed by atoms with Gasteiger partial charge in [0.2, 0.25) is 0 Å². The maximum absolute atomic E-state index is 11.8. The molecule has 0 unspecified atom stereocenters. The molecule has 2 aromatic heterocycles. The summed E-state index contributed by atoms with van der Waals surface area (Å²) in [5.74, 6) is -0.349. The molecule has 0 radical (unpaired) electrons. The SMILES string of the molecule is CCOC(=O)c1sc(-c2sc(C)nc2C)c(C)c1N. The standard InChI is InChI=1S/C13H16N2O2S2/c1-5-17-13(16)12-9(14)6(2)10(19-12)11-7(3)15-8(4)18-11/h5,14H2,1-4H3. The lowest BCUT2D eigenvalue weighted by Gasteiger charge is -1.99. The third-order valence-corrected chi connectivity index (χ3v) is 5.29. The number of thiophene rings is 1. The van der Waals surface area contributed by atoms with E-state index in [9.17, 15) is 4.79 Å². The van der Waals surface area contributed by atoms with Crippen molar-refractivity contribution < 1.29 is 9.53 Å². The summed E-state index contributed by atoms with van der Waals surface area (Å²) < 4.78 is 5.03. The monoisotopic (exact) mass is 296 g/mol. The number of esters is 1. The van der Waals surface area contributed by atoms with E-state index in [0.29, 0.717) is 17.2 Å². The first-order valence-electron chi connectivity index (χ1n) is 5.96. The zero-order valence-electron chi connectivity index (χ0n) is 11.4. The van der Waals surface area contributed by atoms with Gasteiger partial charge in [-0.25, -0.2) is 9.78 Å². The Hall–Kier alpha value is -1.40. The van der Waals surface area contributed by atoms with Gasteiger partial charge < -0.3 is 10.5 Å². The highest BCUT2D eigenvalue weighted by Crippen LogP contribution is 2.42. The molecule has 2 rings (SSSR count). The van der Waals surface area contributed by atoms with Gasteiger partial charge in [-0.1, -0.05) is 0 Å². The summed E-state index contributed by atoms with van der Waals surface area (Å²) in [6.45, 7) is 8.01. The second-order valence-electron chi connectivity index (χ2n) is 4.17. The number of anilines is 1. The first-order valence-corrected chi connectivity index (χ1v) is 7.59. The van der Waals surface area contributed by atoms with Crippen LogP contribution >= 0.6 is 22.7 Å². The summed E-state index contributed by atoms with van der Waals surface area (Å²) in [5, 5.41) is 1.01. The molecule has 0 spiro atoms. The Kier molecular flexibility index (Phi) is 3.91. The fourth-order valence-electron chi connectivity index (χ4n) is 1.83. The van der Waals surface area contributed by atoms with Crippen molar-refractivity contribution in [1.82, 2.24) is 4.98 Å². The van der Waals surface area contributed by atoms with Crippen LogP contribution < -0.4 is 5.73 Å². The zero-order chi connectivity index (χ0) is 14.2. The molecule has 6 heteroatoms. The van der Waals surface area contributed by atoms with Crippen LogP contribution in [-0.4, -0.2) is 17.6 Å². The Morgan fingerprint density at radius 2 is 1.95 bits per heavy atom. The number of hydrogen-bond donors (Lipinski definition) is 1. The van der Waals surface area contributed by atoms with E-state index in [-0.39, 0.29) is 5.97 Å². The van der Waals surface area contributed by atoms with Crippen molar-refractivity contribution >= 4 is 34.3 Å². The van der Waals surface area contributed by atoms with Crippen molar-refractivity contribution in [2.24, 2.45) is 0 Å². The Bertz CT molecular complexity index is 629. The number of hydrogen-bond acceptors (Lipinski definition) is 6. The smallest absolute Gasteiger partial charge is 0.350 e. The summed E-state index contributed by atoms with van der Waals surface area (Å²) in [6.07, 6.45) is 0. The van der Waals surface area contributed by atoms with E-state index in [2.05, 4.69) is 4.98 Å². The molecular weight excluding hydrogens is 280 g/mol. The molecule has 102 valence electrons. The maximum atomic E-state index is 11.8. The van der Waals surface area contributed by atoms with Gasteiger partial charge in [0, 0.05) is 0 Å². The molecule has 2 heterocycles. The molecule has 0 saturated carbocycles. The van der Waals surface area contributed by atoms with Gasteiger partial charge in [0.05, 0.1) is 32.8 Å². The molecule has 2 aromatic rings. The minimum absolute atomic E-state index is 0.349. The zero-order valence-corrected chi connectivity index (χ0v) is 13.0. The molecule has 0 saturated heterocycles. The summed E-state index contributed by atoms with van der Waals surface area (Å²) in [6, 6.07) is 0. The van der Waals surface area contributed by atoms with E-state index >= 15 is 0 Å². The van der Waals surface area contributed by atoms with Crippen molar-refractivity contribution in [3.05, 3.63) is 21.1 Å². The summed E-state index contributed by atoms with van der Waals surface area (Å²) >= 11 is 3.01. The molecule has 0 amide bonds. The topological polar surface area (TPSA) is 65.2 Å². The molecule has 0 aliphatic heterocycles. The summed E-state index contributed by atoms with van der Waals surface area (Å²) in [7, 11) is 0. The Labute approximate surface area is 120 Å². The van der Waals surface area contributed by atoms with Gasteiger partial charge in [0.1, 0.15) is 4.88 Å². The lowest BCUT2D eigenvalue weighted by atomic mass is 10.2. The van der Waals surface area contributed by atoms with E-state index < -0.39 is 0 Å². The van der Waals surface area contributed by atoms with E-state index in [0.717, 1.165) is 26.0 Å². The second-order valence-corrected chi connectivity index (χ2v) is 6.39. The quantitative estimate of drug-likeness (QED) is 0.880. The van der Waals surface area contributed by atoms with E-state index in [4.69, 9.17) is 10.5 Å². The van der Waals surface area contributed by atoms with Crippen LogP contribution in [0.4, 0.5) is 5.69 Å². The number of aryl methyl sites for hydroxylation is 2. The fraction of sp³-hybridized carbons (Fsp3) is 0.385. The van der Waals surface area contributed by atoms with Gasteiger partial charge in [-0.15, -0.1) is 22.7 Å². The van der Waals surface area contributed by atoms with Crippen molar-refractivity contribution in [2.45, 2.75) is 27.7 Å². The van der Waals surface area contributed by atoms with Gasteiger partial charge >= 0.3 is 5.97 Å². The Morgan fingerprint density at radius 3 is 2.47 bits per heavy atom. The predicted octanol–water partition coefficient (Wildman–Crippen LogP) is 3.56. The molecular formula is C13H16N2O2S2. The molecule has 0 bridgehead atoms. The molecule has 0 fully saturated rings. The third-order valence-electron chi connectivity index (χ3n) is 2.76. The number of rotatable bonds is 3. The first kappa shape index (κ1) is 14.0. The first-order chi connectivity index (χ1) is 8.95. The van der Waals surface area contributed by atoms with Crippen molar-refractivity contribution in [2.75, 3.05) is 12.3 Å². The minimum atomic E-state index is -0.349. The molecule has 0 atom stereocenters. The Morgan fingerprint density at radius 1 is 1.26 bits per heavy atom. The maximum Gasteiger partial charge on any atom is 0.350 e. The van der Waals surface area contributed by atoms with Gasteiger partial charge in [-0.2, -0.15) is 0 Å². The molecule has 0 aromatic carbocycles. The van der Waals surface area contributed by atoms with Crippen LogP contribution in [0.25, 0.3) is 9.75 Å². The Balaban J connectivity index is 2.52. The van der Waals surface area contributed by atoms with Crippen LogP contribution in [0.15, 0.2) is 0 Å². The minimum Gasteiger partial charge on any atom is -0.462 e. The van der Waals surface area contributed by atoms with Crippen LogP contribution in [-0.2, 0) is 4.74 Å². The highest BCUT2D eigenvalue weighted by molar-refractivity contribution is 7.23. The van der Waals surface area contributed by atoms with E-state index in [1.165, 1.54) is 11.3 Å². The number of ether oxygens (including phenoxy) is 1. The number of nitrogens with two attached hydrogens (primary N) is 1.